The lowest BCUT2D eigenvalue weighted by atomic mass is 10.3. The molecular weight excluding hydrogens is 134 g/mol. The molecule has 2 nitrogen and oxygen atoms in total. The molecule has 0 heterocycles. The number of hydrogen-bond donors (Lipinski definition) is 0. The third kappa shape index (κ3) is 7.73. The van der Waals surface area contributed by atoms with E-state index in [4.69, 9.17) is 0 Å². The van der Waals surface area contributed by atoms with E-state index in [2.05, 4.69) is 11.2 Å². The second kappa shape index (κ2) is 7.73. The van der Waals surface area contributed by atoms with Gasteiger partial charge in [-0.05, 0) is 24.9 Å². The fourth-order valence-corrected chi connectivity index (χ4v) is 0.976. The van der Waals surface area contributed by atoms with Crippen molar-refractivity contribution in [3.63, 3.8) is 0 Å². The Balaban J connectivity index is 2.82. The first kappa shape index (κ1) is 8.73. The summed E-state index contributed by atoms with van der Waals surface area (Å²) in [7, 11) is 0. The van der Waals surface area contributed by atoms with Gasteiger partial charge in [0.05, 0.1) is 6.54 Å². The fourth-order valence-electron chi connectivity index (χ4n) is 0.483. The molecule has 0 atom stereocenters. The van der Waals surface area contributed by atoms with Gasteiger partial charge in [-0.25, -0.2) is 9.79 Å². The summed E-state index contributed by atoms with van der Waals surface area (Å²) in [4.78, 5) is 13.0. The van der Waals surface area contributed by atoms with E-state index in [9.17, 15) is 4.79 Å². The maximum absolute atomic E-state index is 9.54. The summed E-state index contributed by atoms with van der Waals surface area (Å²) < 4.78 is 0. The largest absolute Gasteiger partial charge is 0.234 e. The molecule has 0 aromatic carbocycles. The number of nitrogens with zero attached hydrogens (tertiary/aromatic N) is 1. The Morgan fingerprint density at radius 2 is 2.33 bits per heavy atom. The molecular formula is C6H11NOS. The molecule has 0 aliphatic rings. The molecule has 0 aromatic heterocycles. The molecule has 0 amide bonds. The van der Waals surface area contributed by atoms with Crippen LogP contribution in [0.4, 0.5) is 0 Å². The molecule has 0 aliphatic carbocycles. The van der Waals surface area contributed by atoms with Crippen molar-refractivity contribution in [2.45, 2.75) is 12.8 Å². The molecule has 0 saturated heterocycles. The molecule has 9 heavy (non-hydrogen) atoms. The summed E-state index contributed by atoms with van der Waals surface area (Å²) in [5, 5.41) is 0. The van der Waals surface area contributed by atoms with Crippen LogP contribution >= 0.6 is 11.8 Å². The summed E-state index contributed by atoms with van der Waals surface area (Å²) in [6.45, 7) is 0.643. The number of aliphatic imine (C=N–C) groups is 1. The van der Waals surface area contributed by atoms with Crippen molar-refractivity contribution in [3.8, 4) is 0 Å². The molecule has 52 valence electrons. The van der Waals surface area contributed by atoms with Gasteiger partial charge >= 0.3 is 0 Å². The van der Waals surface area contributed by atoms with Crippen LogP contribution in [0.1, 0.15) is 12.8 Å². The van der Waals surface area contributed by atoms with Crippen molar-refractivity contribution in [2.75, 3.05) is 18.6 Å². The summed E-state index contributed by atoms with van der Waals surface area (Å²) in [5.74, 6) is 1.16. The third-order valence-electron chi connectivity index (χ3n) is 0.933. The van der Waals surface area contributed by atoms with Gasteiger partial charge in [-0.2, -0.15) is 11.8 Å². The normalized spacial score (nSPS) is 8.56. The van der Waals surface area contributed by atoms with Gasteiger partial charge in [-0.1, -0.05) is 0 Å². The van der Waals surface area contributed by atoms with Gasteiger partial charge in [0.25, 0.3) is 0 Å². The van der Waals surface area contributed by atoms with Crippen LogP contribution in [0.3, 0.4) is 0 Å². The Morgan fingerprint density at radius 1 is 1.56 bits per heavy atom. The van der Waals surface area contributed by atoms with Crippen molar-refractivity contribution >= 4 is 17.8 Å². The first-order valence-electron chi connectivity index (χ1n) is 2.94. The van der Waals surface area contributed by atoms with E-state index in [1.165, 1.54) is 6.08 Å². The summed E-state index contributed by atoms with van der Waals surface area (Å²) >= 11 is 1.82. The zero-order valence-corrected chi connectivity index (χ0v) is 6.41. The molecule has 0 aliphatic heterocycles. The highest BCUT2D eigenvalue weighted by Crippen LogP contribution is 1.98. The lowest BCUT2D eigenvalue weighted by Crippen LogP contribution is -1.82. The van der Waals surface area contributed by atoms with Crippen LogP contribution in [-0.4, -0.2) is 24.6 Å². The average Bonchev–Trinajstić information content (AvgIpc) is 1.89. The Labute approximate surface area is 59.7 Å². The SMILES string of the molecule is CSCCCCN=C=O. The second-order valence-electron chi connectivity index (χ2n) is 1.67. The molecule has 0 unspecified atom stereocenters. The van der Waals surface area contributed by atoms with E-state index in [1.54, 1.807) is 0 Å². The van der Waals surface area contributed by atoms with Gasteiger partial charge < -0.3 is 0 Å². The first-order chi connectivity index (χ1) is 4.41. The first-order valence-corrected chi connectivity index (χ1v) is 4.33. The quantitative estimate of drug-likeness (QED) is 0.333. The minimum absolute atomic E-state index is 0.643. The molecule has 0 bridgehead atoms. The minimum Gasteiger partial charge on any atom is -0.211 e. The van der Waals surface area contributed by atoms with Crippen LogP contribution in [0.5, 0.6) is 0 Å². The molecule has 0 N–H and O–H groups in total. The Bertz CT molecular complexity index is 99.2. The van der Waals surface area contributed by atoms with Crippen molar-refractivity contribution in [1.29, 1.82) is 0 Å². The predicted octanol–water partition coefficient (Wildman–Crippen LogP) is 1.47. The number of carbonyl (C=O) groups excluding carboxylic acids is 1. The van der Waals surface area contributed by atoms with Gasteiger partial charge in [0.15, 0.2) is 0 Å². The van der Waals surface area contributed by atoms with Gasteiger partial charge in [-0.3, -0.25) is 0 Å². The maximum atomic E-state index is 9.54. The maximum Gasteiger partial charge on any atom is 0.234 e. The molecule has 0 rings (SSSR count). The Hall–Kier alpha value is -0.270. The van der Waals surface area contributed by atoms with Gasteiger partial charge in [-0.15, -0.1) is 0 Å². The number of thioether (sulfide) groups is 1. The molecule has 0 saturated carbocycles. The molecule has 3 heteroatoms. The Kier molecular flexibility index (Phi) is 7.50. The number of hydrogen-bond acceptors (Lipinski definition) is 3. The van der Waals surface area contributed by atoms with Crippen LogP contribution in [0.25, 0.3) is 0 Å². The monoisotopic (exact) mass is 145 g/mol. The van der Waals surface area contributed by atoms with Crippen molar-refractivity contribution in [3.05, 3.63) is 0 Å². The van der Waals surface area contributed by atoms with E-state index in [0.717, 1.165) is 18.6 Å². The van der Waals surface area contributed by atoms with Crippen LogP contribution in [0.15, 0.2) is 4.99 Å². The number of unbranched alkanes of at least 4 members (excludes halogenated alkanes) is 1. The molecule has 0 spiro atoms. The molecule has 0 fully saturated rings. The highest BCUT2D eigenvalue weighted by atomic mass is 32.2. The van der Waals surface area contributed by atoms with E-state index in [1.807, 2.05) is 11.8 Å². The van der Waals surface area contributed by atoms with Crippen LogP contribution in [0, 0.1) is 0 Å². The number of isocyanates is 1. The topological polar surface area (TPSA) is 29.4 Å². The standard InChI is InChI=1S/C6H11NOS/c1-9-5-3-2-4-7-6-8/h2-5H2,1H3. The van der Waals surface area contributed by atoms with Gasteiger partial charge in [0, 0.05) is 0 Å². The zero-order chi connectivity index (χ0) is 6.95. The summed E-state index contributed by atoms with van der Waals surface area (Å²) in [6.07, 6.45) is 5.74. The summed E-state index contributed by atoms with van der Waals surface area (Å²) in [5.41, 5.74) is 0. The molecule has 0 aromatic rings. The van der Waals surface area contributed by atoms with Crippen molar-refractivity contribution in [1.82, 2.24) is 0 Å². The highest BCUT2D eigenvalue weighted by Gasteiger charge is 1.83. The van der Waals surface area contributed by atoms with Gasteiger partial charge in [0.1, 0.15) is 0 Å². The second-order valence-corrected chi connectivity index (χ2v) is 2.66. The van der Waals surface area contributed by atoms with E-state index in [0.29, 0.717) is 6.54 Å². The van der Waals surface area contributed by atoms with E-state index in [-0.39, 0.29) is 0 Å². The lowest BCUT2D eigenvalue weighted by molar-refractivity contribution is 0.562. The zero-order valence-electron chi connectivity index (χ0n) is 5.59. The third-order valence-corrected chi connectivity index (χ3v) is 1.63. The van der Waals surface area contributed by atoms with Crippen LogP contribution < -0.4 is 0 Å². The number of rotatable bonds is 5. The predicted molar refractivity (Wildman–Crippen MR) is 40.6 cm³/mol. The molecule has 0 radical (unpaired) electrons. The van der Waals surface area contributed by atoms with Crippen LogP contribution in [0.2, 0.25) is 0 Å². The fraction of sp³-hybridized carbons (Fsp3) is 0.833. The average molecular weight is 145 g/mol. The van der Waals surface area contributed by atoms with Gasteiger partial charge in [0.2, 0.25) is 6.08 Å². The smallest absolute Gasteiger partial charge is 0.211 e. The van der Waals surface area contributed by atoms with E-state index >= 15 is 0 Å². The summed E-state index contributed by atoms with van der Waals surface area (Å²) in [6, 6.07) is 0. The van der Waals surface area contributed by atoms with Crippen molar-refractivity contribution < 1.29 is 4.79 Å². The lowest BCUT2D eigenvalue weighted by Gasteiger charge is -1.90. The van der Waals surface area contributed by atoms with E-state index < -0.39 is 0 Å². The van der Waals surface area contributed by atoms with Crippen molar-refractivity contribution in [2.24, 2.45) is 4.99 Å². The Morgan fingerprint density at radius 3 is 2.89 bits per heavy atom. The highest BCUT2D eigenvalue weighted by molar-refractivity contribution is 7.98. The van der Waals surface area contributed by atoms with Crippen LogP contribution in [-0.2, 0) is 4.79 Å². The minimum atomic E-state index is 0.643.